The van der Waals surface area contributed by atoms with Crippen LogP contribution in [0.25, 0.3) is 5.69 Å². The lowest BCUT2D eigenvalue weighted by Crippen LogP contribution is -2.26. The van der Waals surface area contributed by atoms with Crippen LogP contribution in [-0.2, 0) is 26.6 Å². The van der Waals surface area contributed by atoms with E-state index in [1.165, 1.54) is 5.56 Å². The van der Waals surface area contributed by atoms with E-state index in [-0.39, 0.29) is 12.2 Å². The van der Waals surface area contributed by atoms with Crippen molar-refractivity contribution in [2.45, 2.75) is 32.9 Å². The Hall–Kier alpha value is -2.63. The molecule has 0 radical (unpaired) electrons. The first kappa shape index (κ1) is 19.7. The van der Waals surface area contributed by atoms with Crippen molar-refractivity contribution in [2.75, 3.05) is 13.1 Å². The molecule has 29 heavy (non-hydrogen) atoms. The van der Waals surface area contributed by atoms with Gasteiger partial charge in [-0.05, 0) is 55.5 Å². The lowest BCUT2D eigenvalue weighted by molar-refractivity contribution is 0.282. The number of nitrogens with zero attached hydrogens (tertiary/aromatic N) is 3. The SMILES string of the molecule is Cc1c(CN2CC[C@H](Cc3ccc(CO)cc3)C2)c(=O)n(-c2ccccc2)n1C. The molecule has 0 unspecified atom stereocenters. The van der Waals surface area contributed by atoms with Crippen molar-refractivity contribution in [3.05, 3.63) is 87.3 Å². The lowest BCUT2D eigenvalue weighted by atomic mass is 9.98. The Morgan fingerprint density at radius 3 is 2.41 bits per heavy atom. The van der Waals surface area contributed by atoms with Crippen LogP contribution in [-0.4, -0.2) is 32.5 Å². The van der Waals surface area contributed by atoms with E-state index in [2.05, 4.69) is 17.0 Å². The summed E-state index contributed by atoms with van der Waals surface area (Å²) in [5.41, 5.74) is 5.18. The summed E-state index contributed by atoms with van der Waals surface area (Å²) < 4.78 is 3.73. The van der Waals surface area contributed by atoms with Crippen molar-refractivity contribution < 1.29 is 5.11 Å². The summed E-state index contributed by atoms with van der Waals surface area (Å²) in [7, 11) is 1.95. The standard InChI is InChI=1S/C24H29N3O2/c1-18-23(24(29)27(25(18)2)22-6-4-3-5-7-22)16-26-13-12-21(15-26)14-19-8-10-20(17-28)11-9-19/h3-11,21,28H,12-17H2,1-2H3/t21-/m1/s1. The third-order valence-electron chi connectivity index (χ3n) is 6.16. The first-order valence-electron chi connectivity index (χ1n) is 10.3. The van der Waals surface area contributed by atoms with Crippen molar-refractivity contribution in [2.24, 2.45) is 13.0 Å². The third-order valence-corrected chi connectivity index (χ3v) is 6.16. The first-order valence-corrected chi connectivity index (χ1v) is 10.3. The van der Waals surface area contributed by atoms with Crippen LogP contribution < -0.4 is 5.56 Å². The molecule has 4 rings (SSSR count). The van der Waals surface area contributed by atoms with E-state index in [1.54, 1.807) is 4.68 Å². The van der Waals surface area contributed by atoms with Crippen LogP contribution in [0.4, 0.5) is 0 Å². The van der Waals surface area contributed by atoms with Crippen LogP contribution in [0.1, 0.15) is 28.8 Å². The van der Waals surface area contributed by atoms with E-state index < -0.39 is 0 Å². The molecule has 152 valence electrons. The maximum atomic E-state index is 13.1. The van der Waals surface area contributed by atoms with Gasteiger partial charge in [0.1, 0.15) is 0 Å². The molecule has 5 heteroatoms. The molecule has 1 atom stereocenters. The topological polar surface area (TPSA) is 50.4 Å². The molecule has 2 heterocycles. The van der Waals surface area contributed by atoms with Gasteiger partial charge in [-0.1, -0.05) is 42.5 Å². The molecule has 0 saturated carbocycles. The number of likely N-dealkylation sites (tertiary alicyclic amines) is 1. The number of hydrogen-bond donors (Lipinski definition) is 1. The van der Waals surface area contributed by atoms with Crippen LogP contribution in [0.5, 0.6) is 0 Å². The minimum atomic E-state index is 0.0826. The summed E-state index contributed by atoms with van der Waals surface area (Å²) in [6.45, 7) is 4.87. The number of hydrogen-bond acceptors (Lipinski definition) is 3. The zero-order valence-electron chi connectivity index (χ0n) is 17.2. The van der Waals surface area contributed by atoms with E-state index in [9.17, 15) is 9.90 Å². The van der Waals surface area contributed by atoms with Gasteiger partial charge in [0.25, 0.3) is 5.56 Å². The minimum Gasteiger partial charge on any atom is -0.392 e. The van der Waals surface area contributed by atoms with Crippen molar-refractivity contribution in [1.29, 1.82) is 0 Å². The van der Waals surface area contributed by atoms with Gasteiger partial charge in [-0.2, -0.15) is 0 Å². The quantitative estimate of drug-likeness (QED) is 0.703. The minimum absolute atomic E-state index is 0.0826. The van der Waals surface area contributed by atoms with Gasteiger partial charge in [0, 0.05) is 25.8 Å². The highest BCUT2D eigenvalue weighted by Gasteiger charge is 2.25. The molecule has 2 aromatic carbocycles. The average molecular weight is 392 g/mol. The molecule has 5 nitrogen and oxygen atoms in total. The number of aliphatic hydroxyl groups excluding tert-OH is 1. The molecule has 0 aliphatic carbocycles. The molecule has 0 bridgehead atoms. The Bertz CT molecular complexity index is 1020. The highest BCUT2D eigenvalue weighted by Crippen LogP contribution is 2.23. The van der Waals surface area contributed by atoms with Gasteiger partial charge in [-0.15, -0.1) is 0 Å². The van der Waals surface area contributed by atoms with Crippen molar-refractivity contribution in [1.82, 2.24) is 14.3 Å². The molecule has 0 amide bonds. The van der Waals surface area contributed by atoms with E-state index in [4.69, 9.17) is 0 Å². The predicted molar refractivity (Wildman–Crippen MR) is 115 cm³/mol. The smallest absolute Gasteiger partial charge is 0.276 e. The van der Waals surface area contributed by atoms with E-state index in [1.807, 2.05) is 61.1 Å². The van der Waals surface area contributed by atoms with Gasteiger partial charge in [0.05, 0.1) is 17.9 Å². The Balaban J connectivity index is 1.46. The average Bonchev–Trinajstić information content (AvgIpc) is 3.27. The van der Waals surface area contributed by atoms with Gasteiger partial charge in [0.2, 0.25) is 0 Å². The second-order valence-electron chi connectivity index (χ2n) is 8.11. The Labute approximate surface area is 171 Å². The number of aromatic nitrogens is 2. The number of rotatable bonds is 6. The summed E-state index contributed by atoms with van der Waals surface area (Å²) >= 11 is 0. The van der Waals surface area contributed by atoms with Crippen molar-refractivity contribution in [3.8, 4) is 5.69 Å². The maximum absolute atomic E-state index is 13.1. The summed E-state index contributed by atoms with van der Waals surface area (Å²) in [6, 6.07) is 18.1. The Morgan fingerprint density at radius 1 is 1.03 bits per heavy atom. The van der Waals surface area contributed by atoms with Crippen LogP contribution in [0, 0.1) is 12.8 Å². The van der Waals surface area contributed by atoms with Gasteiger partial charge in [-0.25, -0.2) is 4.68 Å². The molecule has 1 fully saturated rings. The second kappa shape index (κ2) is 8.39. The Kier molecular flexibility index (Phi) is 5.69. The zero-order valence-corrected chi connectivity index (χ0v) is 17.2. The number of aliphatic hydroxyl groups is 1. The van der Waals surface area contributed by atoms with E-state index >= 15 is 0 Å². The van der Waals surface area contributed by atoms with E-state index in [0.29, 0.717) is 12.5 Å². The summed E-state index contributed by atoms with van der Waals surface area (Å²) in [4.78, 5) is 15.5. The van der Waals surface area contributed by atoms with Crippen LogP contribution in [0.2, 0.25) is 0 Å². The van der Waals surface area contributed by atoms with Crippen LogP contribution in [0.3, 0.4) is 0 Å². The molecule has 3 aromatic rings. The zero-order chi connectivity index (χ0) is 20.4. The van der Waals surface area contributed by atoms with E-state index in [0.717, 1.165) is 48.4 Å². The number of para-hydroxylation sites is 1. The number of benzene rings is 2. The molecule has 0 spiro atoms. The fourth-order valence-electron chi connectivity index (χ4n) is 4.37. The normalized spacial score (nSPS) is 17.1. The van der Waals surface area contributed by atoms with Crippen LogP contribution in [0.15, 0.2) is 59.4 Å². The van der Waals surface area contributed by atoms with Crippen molar-refractivity contribution >= 4 is 0 Å². The molecule has 1 aromatic heterocycles. The highest BCUT2D eigenvalue weighted by atomic mass is 16.3. The molecular formula is C24H29N3O2. The summed E-state index contributed by atoms with van der Waals surface area (Å²) in [6.07, 6.45) is 2.20. The van der Waals surface area contributed by atoms with Gasteiger partial charge in [-0.3, -0.25) is 14.4 Å². The fraction of sp³-hybridized carbons (Fsp3) is 0.375. The molecule has 1 N–H and O–H groups in total. The summed E-state index contributed by atoms with van der Waals surface area (Å²) in [5.74, 6) is 0.607. The van der Waals surface area contributed by atoms with Gasteiger partial charge in [0.15, 0.2) is 0 Å². The Morgan fingerprint density at radius 2 is 1.72 bits per heavy atom. The highest BCUT2D eigenvalue weighted by molar-refractivity contribution is 5.33. The largest absolute Gasteiger partial charge is 0.392 e. The third kappa shape index (κ3) is 4.07. The first-order chi connectivity index (χ1) is 14.1. The lowest BCUT2D eigenvalue weighted by Gasteiger charge is -2.15. The molecule has 1 aliphatic heterocycles. The monoisotopic (exact) mass is 391 g/mol. The second-order valence-corrected chi connectivity index (χ2v) is 8.11. The van der Waals surface area contributed by atoms with Crippen molar-refractivity contribution in [3.63, 3.8) is 0 Å². The fourth-order valence-corrected chi connectivity index (χ4v) is 4.37. The summed E-state index contributed by atoms with van der Waals surface area (Å²) in [5, 5.41) is 9.19. The van der Waals surface area contributed by atoms with Gasteiger partial charge < -0.3 is 5.11 Å². The molecule has 1 aliphatic rings. The van der Waals surface area contributed by atoms with Crippen LogP contribution >= 0.6 is 0 Å². The van der Waals surface area contributed by atoms with Gasteiger partial charge >= 0.3 is 0 Å². The molecule has 1 saturated heterocycles. The molecular weight excluding hydrogens is 362 g/mol. The predicted octanol–water partition coefficient (Wildman–Crippen LogP) is 3.04. The maximum Gasteiger partial charge on any atom is 0.276 e.